The van der Waals surface area contributed by atoms with Crippen LogP contribution in [-0.2, 0) is 4.74 Å². The summed E-state index contributed by atoms with van der Waals surface area (Å²) in [5.41, 5.74) is 4.64. The molecule has 10 nitrogen and oxygen atoms in total. The second-order valence-electron chi connectivity index (χ2n) is 11.0. The first-order chi connectivity index (χ1) is 19.1. The van der Waals surface area contributed by atoms with Crippen LogP contribution >= 0.6 is 0 Å². The standard InChI is InChI=1S/C27H26F3N7O3/c1-15-2-3-16(23-34-25(40-35-23)17-6-19(7-17)39-27(28,29)30)8-21(15)33-24(38)20-10-32-37-5-4-18(9-22(20)37)36-13-26(14-36)11-31-12-26/h2-5,8-10,17,19,31H,6-7,11-14H2,1H3,(H,33,38). The number of alkyl halides is 3. The van der Waals surface area contributed by atoms with Gasteiger partial charge in [-0.25, -0.2) is 4.52 Å². The molecule has 2 saturated heterocycles. The van der Waals surface area contributed by atoms with E-state index < -0.39 is 12.5 Å². The Morgan fingerprint density at radius 1 is 1.20 bits per heavy atom. The fourth-order valence-electron chi connectivity index (χ4n) is 5.65. The topological polar surface area (TPSA) is 110 Å². The fourth-order valence-corrected chi connectivity index (χ4v) is 5.65. The van der Waals surface area contributed by atoms with Crippen molar-refractivity contribution in [2.45, 2.75) is 38.1 Å². The molecule has 0 radical (unpaired) electrons. The Labute approximate surface area is 226 Å². The lowest BCUT2D eigenvalue weighted by atomic mass is 9.74. The number of benzene rings is 1. The number of anilines is 2. The molecule has 7 rings (SSSR count). The highest BCUT2D eigenvalue weighted by Gasteiger charge is 2.47. The van der Waals surface area contributed by atoms with Gasteiger partial charge in [0.05, 0.1) is 23.4 Å². The highest BCUT2D eigenvalue weighted by molar-refractivity contribution is 6.09. The quantitative estimate of drug-likeness (QED) is 0.367. The molecule has 0 unspecified atom stereocenters. The third kappa shape index (κ3) is 4.48. The molecule has 3 aromatic heterocycles. The van der Waals surface area contributed by atoms with Gasteiger partial charge in [-0.2, -0.15) is 10.1 Å². The van der Waals surface area contributed by atoms with Gasteiger partial charge in [0.1, 0.15) is 0 Å². The number of nitrogens with zero attached hydrogens (tertiary/aromatic N) is 5. The number of carbonyl (C=O) groups is 1. The highest BCUT2D eigenvalue weighted by Crippen LogP contribution is 2.41. The predicted octanol–water partition coefficient (Wildman–Crippen LogP) is 4.14. The Hall–Kier alpha value is -3.97. The molecule has 0 bridgehead atoms. The summed E-state index contributed by atoms with van der Waals surface area (Å²) in [5.74, 6) is -0.0205. The molecule has 40 heavy (non-hydrogen) atoms. The molecule has 1 amide bonds. The SMILES string of the molecule is Cc1ccc(-c2noc(C3CC(OC(F)(F)F)C3)n2)cc1NC(=O)c1cnn2ccc(N3CC4(CNC4)C3)cc12. The lowest BCUT2D eigenvalue weighted by Crippen LogP contribution is -2.71. The molecule has 1 spiro atoms. The van der Waals surface area contributed by atoms with Crippen molar-refractivity contribution < 1.29 is 27.2 Å². The zero-order valence-electron chi connectivity index (χ0n) is 21.5. The number of halogens is 3. The van der Waals surface area contributed by atoms with E-state index in [0.29, 0.717) is 33.6 Å². The van der Waals surface area contributed by atoms with Crippen molar-refractivity contribution in [2.24, 2.45) is 5.41 Å². The molecule has 4 aromatic rings. The maximum atomic E-state index is 13.4. The number of hydrogen-bond acceptors (Lipinski definition) is 8. The van der Waals surface area contributed by atoms with Gasteiger partial charge in [0.2, 0.25) is 11.7 Å². The molecule has 3 fully saturated rings. The van der Waals surface area contributed by atoms with Crippen molar-refractivity contribution in [3.63, 3.8) is 0 Å². The minimum atomic E-state index is -4.66. The molecule has 13 heteroatoms. The molecule has 1 aliphatic carbocycles. The average molecular weight is 554 g/mol. The van der Waals surface area contributed by atoms with Crippen LogP contribution in [0.15, 0.2) is 47.2 Å². The van der Waals surface area contributed by atoms with Crippen molar-refractivity contribution in [2.75, 3.05) is 36.4 Å². The van der Waals surface area contributed by atoms with Gasteiger partial charge in [-0.1, -0.05) is 17.3 Å². The molecule has 2 N–H and O–H groups in total. The number of aromatic nitrogens is 4. The monoisotopic (exact) mass is 553 g/mol. The van der Waals surface area contributed by atoms with E-state index in [1.165, 1.54) is 0 Å². The fraction of sp³-hybridized carbons (Fsp3) is 0.407. The number of nitrogens with one attached hydrogen (secondary N) is 2. The first-order valence-corrected chi connectivity index (χ1v) is 13.1. The van der Waals surface area contributed by atoms with E-state index in [1.54, 1.807) is 22.8 Å². The maximum Gasteiger partial charge on any atom is 0.522 e. The number of pyridine rings is 1. The van der Waals surface area contributed by atoms with Gasteiger partial charge in [-0.05, 0) is 43.5 Å². The van der Waals surface area contributed by atoms with Crippen LogP contribution in [0.25, 0.3) is 16.9 Å². The van der Waals surface area contributed by atoms with Crippen LogP contribution in [-0.4, -0.2) is 64.3 Å². The largest absolute Gasteiger partial charge is 0.522 e. The smallest absolute Gasteiger partial charge is 0.370 e. The van der Waals surface area contributed by atoms with Gasteiger partial charge in [0.15, 0.2) is 0 Å². The lowest BCUT2D eigenvalue weighted by Gasteiger charge is -2.57. The van der Waals surface area contributed by atoms with E-state index in [9.17, 15) is 18.0 Å². The lowest BCUT2D eigenvalue weighted by molar-refractivity contribution is -0.352. The van der Waals surface area contributed by atoms with E-state index in [0.717, 1.165) is 37.4 Å². The van der Waals surface area contributed by atoms with Gasteiger partial charge in [-0.3, -0.25) is 9.53 Å². The Kier molecular flexibility index (Phi) is 5.65. The van der Waals surface area contributed by atoms with Gasteiger partial charge < -0.3 is 20.1 Å². The summed E-state index contributed by atoms with van der Waals surface area (Å²) in [6.07, 6.45) is -1.82. The average Bonchev–Trinajstić information content (AvgIpc) is 3.47. The Bertz CT molecular complexity index is 1600. The highest BCUT2D eigenvalue weighted by atomic mass is 19.4. The molecule has 1 saturated carbocycles. The first kappa shape index (κ1) is 25.0. The number of carbonyl (C=O) groups excluding carboxylic acids is 1. The van der Waals surface area contributed by atoms with E-state index in [1.807, 2.05) is 31.3 Å². The summed E-state index contributed by atoms with van der Waals surface area (Å²) in [4.78, 5) is 20.1. The number of ether oxygens (including phenoxy) is 1. The minimum absolute atomic E-state index is 0.160. The molecule has 2 aliphatic heterocycles. The normalized spacial score (nSPS) is 21.6. The van der Waals surface area contributed by atoms with E-state index >= 15 is 0 Å². The predicted molar refractivity (Wildman–Crippen MR) is 138 cm³/mol. The van der Waals surface area contributed by atoms with Crippen LogP contribution < -0.4 is 15.5 Å². The summed E-state index contributed by atoms with van der Waals surface area (Å²) in [5, 5.41) is 14.7. The molecule has 1 aromatic carbocycles. The summed E-state index contributed by atoms with van der Waals surface area (Å²) >= 11 is 0. The number of amides is 1. The van der Waals surface area contributed by atoms with Crippen molar-refractivity contribution in [3.8, 4) is 11.4 Å². The van der Waals surface area contributed by atoms with Crippen molar-refractivity contribution in [3.05, 3.63) is 59.7 Å². The molecular formula is C27H26F3N7O3. The summed E-state index contributed by atoms with van der Waals surface area (Å²) in [6.45, 7) is 5.97. The summed E-state index contributed by atoms with van der Waals surface area (Å²) in [7, 11) is 0. The number of rotatable bonds is 6. The van der Waals surface area contributed by atoms with Gasteiger partial charge in [0.25, 0.3) is 5.91 Å². The van der Waals surface area contributed by atoms with E-state index in [4.69, 9.17) is 4.52 Å². The second-order valence-corrected chi connectivity index (χ2v) is 11.0. The van der Waals surface area contributed by atoms with Gasteiger partial charge in [-0.15, -0.1) is 13.2 Å². The summed E-state index contributed by atoms with van der Waals surface area (Å²) in [6, 6.07) is 9.40. The third-order valence-electron chi connectivity index (χ3n) is 8.10. The maximum absolute atomic E-state index is 13.4. The summed E-state index contributed by atoms with van der Waals surface area (Å²) < 4.78 is 48.3. The first-order valence-electron chi connectivity index (χ1n) is 13.1. The van der Waals surface area contributed by atoms with Crippen LogP contribution in [0.3, 0.4) is 0 Å². The number of aryl methyl sites for hydroxylation is 1. The van der Waals surface area contributed by atoms with E-state index in [-0.39, 0.29) is 30.6 Å². The van der Waals surface area contributed by atoms with Crippen molar-refractivity contribution >= 4 is 22.8 Å². The molecule has 0 atom stereocenters. The Morgan fingerprint density at radius 3 is 2.73 bits per heavy atom. The van der Waals surface area contributed by atoms with Crippen LogP contribution in [0.1, 0.15) is 40.6 Å². The van der Waals surface area contributed by atoms with Crippen molar-refractivity contribution in [1.29, 1.82) is 0 Å². The van der Waals surface area contributed by atoms with Crippen LogP contribution in [0, 0.1) is 12.3 Å². The molecule has 208 valence electrons. The van der Waals surface area contributed by atoms with Gasteiger partial charge in [0, 0.05) is 60.6 Å². The molecule has 3 aliphatic rings. The molecular weight excluding hydrogens is 527 g/mol. The third-order valence-corrected chi connectivity index (χ3v) is 8.10. The van der Waals surface area contributed by atoms with E-state index in [2.05, 4.69) is 35.5 Å². The number of hydrogen-bond donors (Lipinski definition) is 2. The zero-order valence-corrected chi connectivity index (χ0v) is 21.5. The molecule has 5 heterocycles. The van der Waals surface area contributed by atoms with Crippen LogP contribution in [0.5, 0.6) is 0 Å². The minimum Gasteiger partial charge on any atom is -0.370 e. The van der Waals surface area contributed by atoms with Crippen molar-refractivity contribution in [1.82, 2.24) is 25.1 Å². The zero-order chi connectivity index (χ0) is 27.6. The Morgan fingerprint density at radius 2 is 2.00 bits per heavy atom. The van der Waals surface area contributed by atoms with Gasteiger partial charge >= 0.3 is 6.36 Å². The second kappa shape index (κ2) is 9.03. The van der Waals surface area contributed by atoms with Crippen LogP contribution in [0.2, 0.25) is 0 Å². The number of fused-ring (bicyclic) bond motifs is 1. The Balaban J connectivity index is 1.06. The van der Waals surface area contributed by atoms with Crippen LogP contribution in [0.4, 0.5) is 24.5 Å².